The Labute approximate surface area is 112 Å². The average molecular weight is 266 g/mol. The Morgan fingerprint density at radius 1 is 1.42 bits per heavy atom. The second kappa shape index (κ2) is 5.93. The number of terminal acetylenes is 1. The van der Waals surface area contributed by atoms with Crippen LogP contribution in [-0.4, -0.2) is 54.4 Å². The summed E-state index contributed by atoms with van der Waals surface area (Å²) in [6, 6.07) is -0.781. The van der Waals surface area contributed by atoms with E-state index in [0.29, 0.717) is 12.5 Å². The van der Waals surface area contributed by atoms with Gasteiger partial charge in [0.15, 0.2) is 0 Å². The largest absolute Gasteiger partial charge is 0.481 e. The van der Waals surface area contributed by atoms with Crippen LogP contribution in [0.2, 0.25) is 0 Å². The Hall–Kier alpha value is -1.74. The molecule has 0 bridgehead atoms. The number of nitrogens with zero attached hydrogens (tertiary/aromatic N) is 1. The van der Waals surface area contributed by atoms with Crippen LogP contribution >= 0.6 is 0 Å². The molecular formula is C13H18N2O4. The third kappa shape index (κ3) is 3.61. The van der Waals surface area contributed by atoms with E-state index in [2.05, 4.69) is 11.2 Å². The van der Waals surface area contributed by atoms with E-state index in [1.54, 1.807) is 4.90 Å². The van der Waals surface area contributed by atoms with Crippen molar-refractivity contribution in [1.82, 2.24) is 10.2 Å². The van der Waals surface area contributed by atoms with Gasteiger partial charge in [-0.15, -0.1) is 6.42 Å². The van der Waals surface area contributed by atoms with Crippen molar-refractivity contribution in [3.05, 3.63) is 0 Å². The zero-order valence-corrected chi connectivity index (χ0v) is 10.7. The second-order valence-corrected chi connectivity index (χ2v) is 5.07. The van der Waals surface area contributed by atoms with Crippen molar-refractivity contribution in [2.24, 2.45) is 11.8 Å². The number of carbonyl (C=O) groups is 2. The molecule has 2 N–H and O–H groups in total. The van der Waals surface area contributed by atoms with Crippen LogP contribution in [0.4, 0.5) is 4.79 Å². The molecule has 0 aromatic carbocycles. The number of rotatable bonds is 5. The van der Waals surface area contributed by atoms with Gasteiger partial charge in [-0.05, 0) is 18.8 Å². The lowest BCUT2D eigenvalue weighted by molar-refractivity contribution is -0.142. The molecule has 0 spiro atoms. The van der Waals surface area contributed by atoms with Gasteiger partial charge in [-0.25, -0.2) is 4.79 Å². The predicted molar refractivity (Wildman–Crippen MR) is 67.4 cm³/mol. The maximum Gasteiger partial charge on any atom is 0.318 e. The fourth-order valence-corrected chi connectivity index (χ4v) is 2.13. The highest BCUT2D eigenvalue weighted by Gasteiger charge is 2.36. The molecule has 2 aliphatic rings. The van der Waals surface area contributed by atoms with Crippen LogP contribution < -0.4 is 5.32 Å². The maximum atomic E-state index is 12.1. The number of nitrogens with one attached hydrogen (secondary N) is 1. The molecule has 0 aromatic rings. The summed E-state index contributed by atoms with van der Waals surface area (Å²) >= 11 is 0. The van der Waals surface area contributed by atoms with Gasteiger partial charge >= 0.3 is 12.0 Å². The minimum Gasteiger partial charge on any atom is -0.481 e. The minimum absolute atomic E-state index is 0.137. The number of hydrogen-bond donors (Lipinski definition) is 2. The zero-order valence-electron chi connectivity index (χ0n) is 10.7. The van der Waals surface area contributed by atoms with Gasteiger partial charge in [0.2, 0.25) is 0 Å². The lowest BCUT2D eigenvalue weighted by atomic mass is 10.0. The van der Waals surface area contributed by atoms with Crippen LogP contribution in [0, 0.1) is 24.2 Å². The van der Waals surface area contributed by atoms with Crippen LogP contribution in [0.1, 0.15) is 12.8 Å². The summed E-state index contributed by atoms with van der Waals surface area (Å²) < 4.78 is 5.11. The first kappa shape index (κ1) is 13.7. The van der Waals surface area contributed by atoms with Gasteiger partial charge in [-0.1, -0.05) is 5.92 Å². The Balaban J connectivity index is 1.90. The number of carbonyl (C=O) groups excluding carboxylic acids is 1. The van der Waals surface area contributed by atoms with Gasteiger partial charge < -0.3 is 20.1 Å². The van der Waals surface area contributed by atoms with Crippen LogP contribution in [0.3, 0.4) is 0 Å². The molecule has 0 radical (unpaired) electrons. The number of aliphatic carboxylic acids is 1. The number of carboxylic acid groups (broad SMARTS) is 1. The van der Waals surface area contributed by atoms with E-state index in [-0.39, 0.29) is 25.8 Å². The monoisotopic (exact) mass is 266 g/mol. The molecule has 1 saturated carbocycles. The van der Waals surface area contributed by atoms with Crippen molar-refractivity contribution < 1.29 is 19.4 Å². The molecule has 2 amide bonds. The number of urea groups is 1. The summed E-state index contributed by atoms with van der Waals surface area (Å²) in [7, 11) is 0. The lowest BCUT2D eigenvalue weighted by Crippen LogP contribution is -2.49. The van der Waals surface area contributed by atoms with E-state index in [9.17, 15) is 9.59 Å². The quantitative estimate of drug-likeness (QED) is 0.694. The van der Waals surface area contributed by atoms with Gasteiger partial charge in [0.05, 0.1) is 25.8 Å². The number of hydrogen-bond acceptors (Lipinski definition) is 3. The molecule has 1 saturated heterocycles. The molecule has 1 aliphatic carbocycles. The van der Waals surface area contributed by atoms with Crippen LogP contribution in [-0.2, 0) is 9.53 Å². The van der Waals surface area contributed by atoms with E-state index in [4.69, 9.17) is 16.3 Å². The highest BCUT2D eigenvalue weighted by Crippen LogP contribution is 2.29. The molecule has 19 heavy (non-hydrogen) atoms. The first-order chi connectivity index (χ1) is 9.11. The smallest absolute Gasteiger partial charge is 0.318 e. The first-order valence-corrected chi connectivity index (χ1v) is 6.41. The molecule has 1 aliphatic heterocycles. The highest BCUT2D eigenvalue weighted by atomic mass is 16.5. The highest BCUT2D eigenvalue weighted by molar-refractivity contribution is 5.77. The Bertz CT molecular complexity index is 400. The normalized spacial score (nSPS) is 25.6. The van der Waals surface area contributed by atoms with E-state index >= 15 is 0 Å². The van der Waals surface area contributed by atoms with Crippen molar-refractivity contribution in [3.63, 3.8) is 0 Å². The van der Waals surface area contributed by atoms with E-state index in [1.807, 2.05) is 0 Å². The van der Waals surface area contributed by atoms with Crippen LogP contribution in [0.25, 0.3) is 0 Å². The van der Waals surface area contributed by atoms with Crippen molar-refractivity contribution in [2.75, 3.05) is 26.3 Å². The van der Waals surface area contributed by atoms with Crippen molar-refractivity contribution >= 4 is 12.0 Å². The van der Waals surface area contributed by atoms with E-state index in [1.165, 1.54) is 0 Å². The fraction of sp³-hybridized carbons (Fsp3) is 0.692. The Morgan fingerprint density at radius 3 is 2.74 bits per heavy atom. The standard InChI is InChI=1S/C13H18N2O4/c1-2-5-15(6-9-3-4-9)13(18)14-11-8-19-7-10(11)12(16)17/h1,9-11H,3-8H2,(H,14,18)(H,16,17). The minimum atomic E-state index is -0.950. The topological polar surface area (TPSA) is 78.9 Å². The molecule has 2 rings (SSSR count). The number of ether oxygens (including phenoxy) is 1. The van der Waals surface area contributed by atoms with Gasteiger partial charge in [0.25, 0.3) is 0 Å². The van der Waals surface area contributed by atoms with Crippen molar-refractivity contribution in [1.29, 1.82) is 0 Å². The Morgan fingerprint density at radius 2 is 2.16 bits per heavy atom. The molecule has 2 atom stereocenters. The molecule has 104 valence electrons. The third-order valence-corrected chi connectivity index (χ3v) is 3.45. The van der Waals surface area contributed by atoms with Gasteiger partial charge in [0, 0.05) is 6.54 Å². The SMILES string of the molecule is C#CCN(CC1CC1)C(=O)NC1COCC1C(=O)O. The molecule has 0 aromatic heterocycles. The summed E-state index contributed by atoms with van der Waals surface area (Å²) in [6.07, 6.45) is 7.50. The predicted octanol–water partition coefficient (Wildman–Crippen LogP) is 0.141. The molecule has 6 heteroatoms. The molecule has 2 unspecified atom stereocenters. The summed E-state index contributed by atoms with van der Waals surface area (Å²) in [6.45, 7) is 1.25. The third-order valence-electron chi connectivity index (χ3n) is 3.45. The van der Waals surface area contributed by atoms with E-state index < -0.39 is 17.9 Å². The van der Waals surface area contributed by atoms with Gasteiger partial charge in [0.1, 0.15) is 5.92 Å². The van der Waals surface area contributed by atoms with Crippen LogP contribution in [0.5, 0.6) is 0 Å². The van der Waals surface area contributed by atoms with Crippen molar-refractivity contribution in [2.45, 2.75) is 18.9 Å². The van der Waals surface area contributed by atoms with Crippen LogP contribution in [0.15, 0.2) is 0 Å². The summed E-state index contributed by atoms with van der Waals surface area (Å²) in [4.78, 5) is 24.7. The molecule has 6 nitrogen and oxygen atoms in total. The second-order valence-electron chi connectivity index (χ2n) is 5.07. The summed E-state index contributed by atoms with van der Waals surface area (Å²) in [5.74, 6) is 1.36. The fourth-order valence-electron chi connectivity index (χ4n) is 2.13. The lowest BCUT2D eigenvalue weighted by Gasteiger charge is -2.24. The maximum absolute atomic E-state index is 12.1. The van der Waals surface area contributed by atoms with Gasteiger partial charge in [-0.3, -0.25) is 4.79 Å². The van der Waals surface area contributed by atoms with Gasteiger partial charge in [-0.2, -0.15) is 0 Å². The number of carboxylic acids is 1. The number of amides is 2. The molecule has 1 heterocycles. The summed E-state index contributed by atoms with van der Waals surface area (Å²) in [5.41, 5.74) is 0. The molecule has 2 fully saturated rings. The summed E-state index contributed by atoms with van der Waals surface area (Å²) in [5, 5.41) is 11.7. The average Bonchev–Trinajstić information content (AvgIpc) is 3.05. The zero-order chi connectivity index (χ0) is 13.8. The molecular weight excluding hydrogens is 248 g/mol. The van der Waals surface area contributed by atoms with Crippen molar-refractivity contribution in [3.8, 4) is 12.3 Å². The van der Waals surface area contributed by atoms with E-state index in [0.717, 1.165) is 12.8 Å². The Kier molecular flexibility index (Phi) is 4.27. The first-order valence-electron chi connectivity index (χ1n) is 6.41.